The Kier molecular flexibility index (Phi) is 5.10. The van der Waals surface area contributed by atoms with E-state index in [0.717, 1.165) is 12.8 Å². The molecule has 1 unspecified atom stereocenters. The molecule has 0 saturated carbocycles. The topological polar surface area (TPSA) is 0 Å². The second-order valence-electron chi connectivity index (χ2n) is 3.30. The number of alkyl halides is 1. The molecule has 0 radical (unpaired) electrons. The van der Waals surface area contributed by atoms with Crippen LogP contribution in [0.1, 0.15) is 25.3 Å². The van der Waals surface area contributed by atoms with Gasteiger partial charge in [0.05, 0.1) is 0 Å². The van der Waals surface area contributed by atoms with Gasteiger partial charge in [0, 0.05) is 8.95 Å². The average molecular weight is 309 g/mol. The number of benzene rings is 1. The van der Waals surface area contributed by atoms with Crippen LogP contribution in [-0.2, 0) is 6.42 Å². The molecule has 1 atom stereocenters. The quantitative estimate of drug-likeness (QED) is 0.576. The molecule has 0 nitrogen and oxygen atoms in total. The van der Waals surface area contributed by atoms with Crippen molar-refractivity contribution in [3.05, 3.63) is 33.4 Å². The smallest absolute Gasteiger partial charge is 0.0308 e. The van der Waals surface area contributed by atoms with Crippen LogP contribution in [-0.4, -0.2) is 5.38 Å². The van der Waals surface area contributed by atoms with Crippen molar-refractivity contribution in [1.29, 1.82) is 0 Å². The van der Waals surface area contributed by atoms with Crippen molar-refractivity contribution in [2.45, 2.75) is 31.6 Å². The molecular formula is C11H14ClI. The van der Waals surface area contributed by atoms with Crippen molar-refractivity contribution in [2.75, 3.05) is 0 Å². The summed E-state index contributed by atoms with van der Waals surface area (Å²) in [6.07, 6.45) is 3.44. The van der Waals surface area contributed by atoms with Crippen LogP contribution in [0.25, 0.3) is 0 Å². The molecule has 0 aliphatic heterocycles. The van der Waals surface area contributed by atoms with E-state index in [-0.39, 0.29) is 0 Å². The zero-order chi connectivity index (χ0) is 9.68. The highest BCUT2D eigenvalue weighted by Crippen LogP contribution is 2.11. The van der Waals surface area contributed by atoms with Gasteiger partial charge in [0.15, 0.2) is 0 Å². The Morgan fingerprint density at radius 1 is 1.31 bits per heavy atom. The number of aryl methyl sites for hydroxylation is 1. The summed E-state index contributed by atoms with van der Waals surface area (Å²) in [6, 6.07) is 8.70. The number of halogens is 2. The van der Waals surface area contributed by atoms with Gasteiger partial charge in [-0.3, -0.25) is 0 Å². The molecule has 0 saturated heterocycles. The first kappa shape index (κ1) is 11.3. The minimum absolute atomic E-state index is 0.309. The number of hydrogen-bond donors (Lipinski definition) is 0. The first-order valence-corrected chi connectivity index (χ1v) is 6.08. The Morgan fingerprint density at radius 2 is 1.92 bits per heavy atom. The third-order valence-corrected chi connectivity index (χ3v) is 2.92. The molecule has 0 amide bonds. The summed E-state index contributed by atoms with van der Waals surface area (Å²) < 4.78 is 1.30. The van der Waals surface area contributed by atoms with E-state index in [1.165, 1.54) is 15.6 Å². The summed E-state index contributed by atoms with van der Waals surface area (Å²) in [4.78, 5) is 0. The van der Waals surface area contributed by atoms with Crippen molar-refractivity contribution in [2.24, 2.45) is 0 Å². The van der Waals surface area contributed by atoms with E-state index in [0.29, 0.717) is 5.38 Å². The maximum absolute atomic E-state index is 5.87. The van der Waals surface area contributed by atoms with Gasteiger partial charge < -0.3 is 0 Å². The molecule has 0 aliphatic carbocycles. The largest absolute Gasteiger partial charge is 0.123 e. The second-order valence-corrected chi connectivity index (χ2v) is 5.29. The summed E-state index contributed by atoms with van der Waals surface area (Å²) >= 11 is 8.19. The van der Waals surface area contributed by atoms with Crippen LogP contribution in [0.3, 0.4) is 0 Å². The fourth-order valence-corrected chi connectivity index (χ4v) is 1.75. The van der Waals surface area contributed by atoms with Crippen LogP contribution in [0.4, 0.5) is 0 Å². The molecule has 1 rings (SSSR count). The third kappa shape index (κ3) is 4.87. The Balaban J connectivity index is 2.33. The molecule has 0 heterocycles. The van der Waals surface area contributed by atoms with Gasteiger partial charge in [-0.2, -0.15) is 0 Å². The molecule has 13 heavy (non-hydrogen) atoms. The van der Waals surface area contributed by atoms with Crippen LogP contribution < -0.4 is 0 Å². The molecular weight excluding hydrogens is 294 g/mol. The highest BCUT2D eigenvalue weighted by Gasteiger charge is 1.97. The fraction of sp³-hybridized carbons (Fsp3) is 0.455. The van der Waals surface area contributed by atoms with Gasteiger partial charge in [-0.1, -0.05) is 12.1 Å². The monoisotopic (exact) mass is 308 g/mol. The maximum atomic E-state index is 5.87. The SMILES string of the molecule is CC(Cl)CCCc1ccc(I)cc1. The van der Waals surface area contributed by atoms with Crippen LogP contribution in [0.15, 0.2) is 24.3 Å². The van der Waals surface area contributed by atoms with Crippen LogP contribution in [0.2, 0.25) is 0 Å². The molecule has 72 valence electrons. The minimum atomic E-state index is 0.309. The predicted molar refractivity (Wildman–Crippen MR) is 67.4 cm³/mol. The summed E-state index contributed by atoms with van der Waals surface area (Å²) in [7, 11) is 0. The van der Waals surface area contributed by atoms with Crippen LogP contribution in [0, 0.1) is 3.57 Å². The van der Waals surface area contributed by atoms with E-state index in [2.05, 4.69) is 53.8 Å². The number of rotatable bonds is 4. The molecule has 1 aromatic rings. The van der Waals surface area contributed by atoms with Gasteiger partial charge in [0.25, 0.3) is 0 Å². The molecule has 0 bridgehead atoms. The van der Waals surface area contributed by atoms with Gasteiger partial charge in [-0.15, -0.1) is 11.6 Å². The lowest BCUT2D eigenvalue weighted by atomic mass is 10.1. The predicted octanol–water partition coefficient (Wildman–Crippen LogP) is 4.24. The van der Waals surface area contributed by atoms with Gasteiger partial charge in [0.1, 0.15) is 0 Å². The van der Waals surface area contributed by atoms with Gasteiger partial charge >= 0.3 is 0 Å². The Hall–Kier alpha value is 0.240. The standard InChI is InChI=1S/C11H14ClI/c1-9(12)3-2-4-10-5-7-11(13)8-6-10/h5-9H,2-4H2,1H3. The van der Waals surface area contributed by atoms with E-state index >= 15 is 0 Å². The molecule has 0 aliphatic rings. The van der Waals surface area contributed by atoms with Crippen molar-refractivity contribution in [1.82, 2.24) is 0 Å². The molecule has 1 aromatic carbocycles. The zero-order valence-corrected chi connectivity index (χ0v) is 10.7. The lowest BCUT2D eigenvalue weighted by Gasteiger charge is -2.03. The van der Waals surface area contributed by atoms with Gasteiger partial charge in [-0.25, -0.2) is 0 Å². The van der Waals surface area contributed by atoms with Crippen LogP contribution >= 0.6 is 34.2 Å². The van der Waals surface area contributed by atoms with Crippen molar-refractivity contribution >= 4 is 34.2 Å². The summed E-state index contributed by atoms with van der Waals surface area (Å²) in [6.45, 7) is 2.05. The highest BCUT2D eigenvalue weighted by molar-refractivity contribution is 14.1. The fourth-order valence-electron chi connectivity index (χ4n) is 1.24. The van der Waals surface area contributed by atoms with Crippen molar-refractivity contribution in [3.8, 4) is 0 Å². The van der Waals surface area contributed by atoms with E-state index in [1.807, 2.05) is 0 Å². The Morgan fingerprint density at radius 3 is 2.46 bits per heavy atom. The van der Waals surface area contributed by atoms with Crippen LogP contribution in [0.5, 0.6) is 0 Å². The molecule has 2 heteroatoms. The first-order valence-electron chi connectivity index (χ1n) is 4.57. The molecule has 0 fully saturated rings. The summed E-state index contributed by atoms with van der Waals surface area (Å²) in [5.74, 6) is 0. The normalized spacial score (nSPS) is 12.8. The summed E-state index contributed by atoms with van der Waals surface area (Å²) in [5, 5.41) is 0.309. The molecule has 0 aromatic heterocycles. The second kappa shape index (κ2) is 5.86. The van der Waals surface area contributed by atoms with E-state index in [9.17, 15) is 0 Å². The molecule has 0 spiro atoms. The maximum Gasteiger partial charge on any atom is 0.0308 e. The Labute approximate surface area is 98.8 Å². The lowest BCUT2D eigenvalue weighted by Crippen LogP contribution is -1.93. The zero-order valence-electron chi connectivity index (χ0n) is 7.76. The van der Waals surface area contributed by atoms with Gasteiger partial charge in [0.2, 0.25) is 0 Å². The van der Waals surface area contributed by atoms with Crippen molar-refractivity contribution < 1.29 is 0 Å². The van der Waals surface area contributed by atoms with E-state index < -0.39 is 0 Å². The Bertz CT molecular complexity index is 241. The van der Waals surface area contributed by atoms with E-state index in [1.54, 1.807) is 0 Å². The van der Waals surface area contributed by atoms with E-state index in [4.69, 9.17) is 11.6 Å². The minimum Gasteiger partial charge on any atom is -0.123 e. The molecule has 0 N–H and O–H groups in total. The average Bonchev–Trinajstić information content (AvgIpc) is 2.08. The van der Waals surface area contributed by atoms with Crippen molar-refractivity contribution in [3.63, 3.8) is 0 Å². The highest BCUT2D eigenvalue weighted by atomic mass is 127. The lowest BCUT2D eigenvalue weighted by molar-refractivity contribution is 0.723. The first-order chi connectivity index (χ1) is 6.18. The summed E-state index contributed by atoms with van der Waals surface area (Å²) in [5.41, 5.74) is 1.41. The third-order valence-electron chi connectivity index (χ3n) is 1.98. The van der Waals surface area contributed by atoms with Gasteiger partial charge in [-0.05, 0) is 66.5 Å². The number of hydrogen-bond acceptors (Lipinski definition) is 0.